The molecule has 2 rings (SSSR count). The molecule has 4 nitrogen and oxygen atoms in total. The lowest BCUT2D eigenvalue weighted by atomic mass is 9.87. The number of methoxy groups -OCH3 is 1. The van der Waals surface area contributed by atoms with Crippen molar-refractivity contribution in [3.8, 4) is 0 Å². The van der Waals surface area contributed by atoms with Crippen molar-refractivity contribution in [2.24, 2.45) is 5.92 Å². The van der Waals surface area contributed by atoms with Gasteiger partial charge in [0, 0.05) is 12.5 Å². The number of ether oxygens (including phenoxy) is 1. The number of hydrogen-bond donors (Lipinski definition) is 2. The summed E-state index contributed by atoms with van der Waals surface area (Å²) in [6.45, 7) is 2.31. The standard InChI is InChI=1S/C17H26N2O2/c1-12-4-3-5-14(10-12)19-16-8-6-13(11-15(16)18)7-9-17(20)21-2/h6,8,11-12,14,19H,3-5,7,9-10,18H2,1-2H3/t12?,14-/m0/s1. The Morgan fingerprint density at radius 3 is 2.90 bits per heavy atom. The zero-order valence-electron chi connectivity index (χ0n) is 13.0. The number of carbonyl (C=O) groups excluding carboxylic acids is 1. The first-order valence-corrected chi connectivity index (χ1v) is 7.80. The van der Waals surface area contributed by atoms with Crippen molar-refractivity contribution in [2.75, 3.05) is 18.2 Å². The lowest BCUT2D eigenvalue weighted by Crippen LogP contribution is -2.26. The summed E-state index contributed by atoms with van der Waals surface area (Å²) in [5.41, 5.74) is 8.97. The molecular formula is C17H26N2O2. The molecule has 1 aliphatic carbocycles. The normalized spacial score (nSPS) is 21.8. The summed E-state index contributed by atoms with van der Waals surface area (Å²) in [4.78, 5) is 11.2. The van der Waals surface area contributed by atoms with E-state index in [1.807, 2.05) is 18.2 Å². The van der Waals surface area contributed by atoms with Gasteiger partial charge in [0.05, 0.1) is 18.5 Å². The highest BCUT2D eigenvalue weighted by molar-refractivity contribution is 5.70. The summed E-state index contributed by atoms with van der Waals surface area (Å²) in [5.74, 6) is 0.601. The van der Waals surface area contributed by atoms with Crippen LogP contribution in [0.2, 0.25) is 0 Å². The minimum absolute atomic E-state index is 0.188. The number of esters is 1. The number of anilines is 2. The zero-order chi connectivity index (χ0) is 15.2. The number of benzene rings is 1. The SMILES string of the molecule is COC(=O)CCc1ccc(N[C@H]2CCCC(C)C2)c(N)c1. The third-order valence-electron chi connectivity index (χ3n) is 4.26. The zero-order valence-corrected chi connectivity index (χ0v) is 13.0. The number of nitrogens with one attached hydrogen (secondary N) is 1. The minimum atomic E-state index is -0.188. The second-order valence-corrected chi connectivity index (χ2v) is 6.11. The predicted octanol–water partition coefficient (Wildman–Crippen LogP) is 3.37. The molecule has 1 saturated carbocycles. The second-order valence-electron chi connectivity index (χ2n) is 6.11. The second kappa shape index (κ2) is 7.34. The van der Waals surface area contributed by atoms with Crippen LogP contribution >= 0.6 is 0 Å². The number of hydrogen-bond acceptors (Lipinski definition) is 4. The molecule has 3 N–H and O–H groups in total. The molecular weight excluding hydrogens is 264 g/mol. The molecule has 0 aromatic heterocycles. The van der Waals surface area contributed by atoms with Gasteiger partial charge < -0.3 is 15.8 Å². The molecule has 0 aliphatic heterocycles. The van der Waals surface area contributed by atoms with E-state index in [9.17, 15) is 4.79 Å². The average Bonchev–Trinajstić information content (AvgIpc) is 2.47. The monoisotopic (exact) mass is 290 g/mol. The average molecular weight is 290 g/mol. The molecule has 0 radical (unpaired) electrons. The fourth-order valence-corrected chi connectivity index (χ4v) is 3.03. The number of rotatable bonds is 5. The van der Waals surface area contributed by atoms with Crippen LogP contribution in [0.3, 0.4) is 0 Å². The van der Waals surface area contributed by atoms with E-state index in [1.54, 1.807) is 0 Å². The Labute approximate surface area is 127 Å². The van der Waals surface area contributed by atoms with Crippen molar-refractivity contribution < 1.29 is 9.53 Å². The fraction of sp³-hybridized carbons (Fsp3) is 0.588. The number of nitrogen functional groups attached to an aromatic ring is 1. The van der Waals surface area contributed by atoms with Crippen LogP contribution < -0.4 is 11.1 Å². The Hall–Kier alpha value is -1.71. The van der Waals surface area contributed by atoms with Crippen molar-refractivity contribution in [2.45, 2.75) is 51.5 Å². The number of aryl methyl sites for hydroxylation is 1. The molecule has 1 fully saturated rings. The van der Waals surface area contributed by atoms with E-state index in [-0.39, 0.29) is 5.97 Å². The van der Waals surface area contributed by atoms with Crippen LogP contribution in [0.25, 0.3) is 0 Å². The molecule has 116 valence electrons. The van der Waals surface area contributed by atoms with Crippen molar-refractivity contribution in [1.82, 2.24) is 0 Å². The van der Waals surface area contributed by atoms with E-state index < -0.39 is 0 Å². The summed E-state index contributed by atoms with van der Waals surface area (Å²) in [6.07, 6.45) is 6.11. The van der Waals surface area contributed by atoms with Crippen LogP contribution in [0, 0.1) is 5.92 Å². The van der Waals surface area contributed by atoms with Crippen LogP contribution in [-0.2, 0) is 16.0 Å². The molecule has 0 spiro atoms. The van der Waals surface area contributed by atoms with Crippen molar-refractivity contribution >= 4 is 17.3 Å². The predicted molar refractivity (Wildman–Crippen MR) is 86.2 cm³/mol. The lowest BCUT2D eigenvalue weighted by Gasteiger charge is -2.28. The maximum atomic E-state index is 11.2. The van der Waals surface area contributed by atoms with Gasteiger partial charge in [0.15, 0.2) is 0 Å². The Balaban J connectivity index is 1.93. The smallest absolute Gasteiger partial charge is 0.305 e. The van der Waals surface area contributed by atoms with E-state index in [0.29, 0.717) is 18.9 Å². The van der Waals surface area contributed by atoms with Gasteiger partial charge in [-0.25, -0.2) is 0 Å². The molecule has 0 amide bonds. The van der Waals surface area contributed by atoms with Gasteiger partial charge in [-0.15, -0.1) is 0 Å². The molecule has 4 heteroatoms. The van der Waals surface area contributed by atoms with Gasteiger partial charge in [-0.1, -0.05) is 25.8 Å². The molecule has 0 heterocycles. The highest BCUT2D eigenvalue weighted by atomic mass is 16.5. The maximum absolute atomic E-state index is 11.2. The molecule has 21 heavy (non-hydrogen) atoms. The van der Waals surface area contributed by atoms with Crippen LogP contribution in [0.15, 0.2) is 18.2 Å². The first-order chi connectivity index (χ1) is 10.1. The third kappa shape index (κ3) is 4.66. The van der Waals surface area contributed by atoms with Gasteiger partial charge in [-0.3, -0.25) is 4.79 Å². The first-order valence-electron chi connectivity index (χ1n) is 7.80. The fourth-order valence-electron chi connectivity index (χ4n) is 3.03. The quantitative estimate of drug-likeness (QED) is 0.644. The minimum Gasteiger partial charge on any atom is -0.469 e. The van der Waals surface area contributed by atoms with Gasteiger partial charge in [0.25, 0.3) is 0 Å². The van der Waals surface area contributed by atoms with Gasteiger partial charge >= 0.3 is 5.97 Å². The van der Waals surface area contributed by atoms with Crippen molar-refractivity contribution in [3.05, 3.63) is 23.8 Å². The maximum Gasteiger partial charge on any atom is 0.305 e. The van der Waals surface area contributed by atoms with Crippen LogP contribution in [0.4, 0.5) is 11.4 Å². The molecule has 0 bridgehead atoms. The molecule has 2 atom stereocenters. The van der Waals surface area contributed by atoms with Crippen LogP contribution in [0.1, 0.15) is 44.6 Å². The molecule has 0 saturated heterocycles. The van der Waals surface area contributed by atoms with Gasteiger partial charge in [-0.05, 0) is 42.9 Å². The Morgan fingerprint density at radius 1 is 1.43 bits per heavy atom. The van der Waals surface area contributed by atoms with E-state index in [1.165, 1.54) is 32.8 Å². The molecule has 1 aliphatic rings. The topological polar surface area (TPSA) is 64.3 Å². The highest BCUT2D eigenvalue weighted by Gasteiger charge is 2.19. The number of nitrogens with two attached hydrogens (primary N) is 1. The summed E-state index contributed by atoms with van der Waals surface area (Å²) in [7, 11) is 1.41. The van der Waals surface area contributed by atoms with Crippen molar-refractivity contribution in [1.29, 1.82) is 0 Å². The van der Waals surface area contributed by atoms with Gasteiger partial charge in [-0.2, -0.15) is 0 Å². The Morgan fingerprint density at radius 2 is 2.24 bits per heavy atom. The summed E-state index contributed by atoms with van der Waals surface area (Å²) in [5, 5.41) is 3.57. The third-order valence-corrected chi connectivity index (χ3v) is 4.26. The molecule has 1 aromatic rings. The van der Waals surface area contributed by atoms with Gasteiger partial charge in [0.2, 0.25) is 0 Å². The highest BCUT2D eigenvalue weighted by Crippen LogP contribution is 2.28. The molecule has 1 aromatic carbocycles. The summed E-state index contributed by atoms with van der Waals surface area (Å²) in [6, 6.07) is 6.55. The van der Waals surface area contributed by atoms with E-state index in [2.05, 4.69) is 17.0 Å². The van der Waals surface area contributed by atoms with Gasteiger partial charge in [0.1, 0.15) is 0 Å². The van der Waals surface area contributed by atoms with Crippen molar-refractivity contribution in [3.63, 3.8) is 0 Å². The van der Waals surface area contributed by atoms with E-state index in [0.717, 1.165) is 22.9 Å². The van der Waals surface area contributed by atoms with Crippen LogP contribution in [-0.4, -0.2) is 19.1 Å². The summed E-state index contributed by atoms with van der Waals surface area (Å²) < 4.78 is 4.65. The Kier molecular flexibility index (Phi) is 5.48. The largest absolute Gasteiger partial charge is 0.469 e. The molecule has 1 unspecified atom stereocenters. The summed E-state index contributed by atoms with van der Waals surface area (Å²) >= 11 is 0. The van der Waals surface area contributed by atoms with E-state index >= 15 is 0 Å². The van der Waals surface area contributed by atoms with E-state index in [4.69, 9.17) is 5.73 Å². The first kappa shape index (κ1) is 15.7. The number of carbonyl (C=O) groups is 1. The van der Waals surface area contributed by atoms with Crippen LogP contribution in [0.5, 0.6) is 0 Å². The Bertz CT molecular complexity index is 488. The lowest BCUT2D eigenvalue weighted by molar-refractivity contribution is -0.140.